The van der Waals surface area contributed by atoms with E-state index in [0.29, 0.717) is 18.7 Å². The summed E-state index contributed by atoms with van der Waals surface area (Å²) in [7, 11) is 7.30. The van der Waals surface area contributed by atoms with E-state index in [1.807, 2.05) is 26.0 Å². The van der Waals surface area contributed by atoms with Gasteiger partial charge in [-0.05, 0) is 6.07 Å². The van der Waals surface area contributed by atoms with Gasteiger partial charge in [-0.1, -0.05) is 31.4 Å². The fraction of sp³-hybridized carbons (Fsp3) is 0.500. The molecule has 1 aliphatic heterocycles. The highest BCUT2D eigenvalue weighted by molar-refractivity contribution is 6.32. The topological polar surface area (TPSA) is 27.7 Å². The first-order valence-electron chi connectivity index (χ1n) is 5.48. The second-order valence-electron chi connectivity index (χ2n) is 3.07. The van der Waals surface area contributed by atoms with Crippen LogP contribution >= 0.6 is 0 Å². The van der Waals surface area contributed by atoms with Gasteiger partial charge in [0.25, 0.3) is 0 Å². The maximum absolute atomic E-state index is 5.68. The predicted octanol–water partition coefficient (Wildman–Crippen LogP) is 1.56. The third-order valence-corrected chi connectivity index (χ3v) is 2.13. The van der Waals surface area contributed by atoms with E-state index in [1.54, 1.807) is 13.2 Å². The summed E-state index contributed by atoms with van der Waals surface area (Å²) >= 11 is 0. The van der Waals surface area contributed by atoms with Gasteiger partial charge in [0.1, 0.15) is 13.6 Å². The molecular formula is C12H17BO3. The Balaban J connectivity index is 0.000000606. The van der Waals surface area contributed by atoms with Gasteiger partial charge in [0.05, 0.1) is 20.3 Å². The number of benzene rings is 1. The first-order chi connectivity index (χ1) is 7.81. The molecule has 1 heterocycles. The average molecular weight is 220 g/mol. The smallest absolute Gasteiger partial charge is 0.187 e. The first kappa shape index (κ1) is 13.1. The monoisotopic (exact) mass is 220 g/mol. The van der Waals surface area contributed by atoms with Crippen molar-refractivity contribution in [2.75, 3.05) is 20.3 Å². The van der Waals surface area contributed by atoms with Crippen molar-refractivity contribution in [2.24, 2.45) is 0 Å². The maximum Gasteiger partial charge on any atom is 0.187 e. The Morgan fingerprint density at radius 3 is 2.44 bits per heavy atom. The number of hydrogen-bond donors (Lipinski definition) is 0. The second-order valence-corrected chi connectivity index (χ2v) is 3.07. The van der Waals surface area contributed by atoms with Crippen molar-refractivity contribution >= 4 is 13.3 Å². The molecule has 3 nitrogen and oxygen atoms in total. The van der Waals surface area contributed by atoms with Crippen molar-refractivity contribution in [1.29, 1.82) is 0 Å². The quantitative estimate of drug-likeness (QED) is 0.708. The van der Waals surface area contributed by atoms with E-state index >= 15 is 0 Å². The van der Waals surface area contributed by atoms with Crippen molar-refractivity contribution in [3.05, 3.63) is 23.8 Å². The van der Waals surface area contributed by atoms with Gasteiger partial charge in [0.15, 0.2) is 6.29 Å². The summed E-state index contributed by atoms with van der Waals surface area (Å²) in [5.74, 6) is 0.742. The Kier molecular flexibility index (Phi) is 5.36. The van der Waals surface area contributed by atoms with Crippen LogP contribution in [-0.2, 0) is 9.47 Å². The van der Waals surface area contributed by atoms with Gasteiger partial charge < -0.3 is 14.2 Å². The third-order valence-electron chi connectivity index (χ3n) is 2.13. The van der Waals surface area contributed by atoms with Gasteiger partial charge in [-0.25, -0.2) is 0 Å². The number of hydrogen-bond acceptors (Lipinski definition) is 3. The first-order valence-corrected chi connectivity index (χ1v) is 5.48. The Labute approximate surface area is 98.1 Å². The third kappa shape index (κ3) is 3.00. The van der Waals surface area contributed by atoms with Gasteiger partial charge in [-0.3, -0.25) is 0 Å². The van der Waals surface area contributed by atoms with Crippen molar-refractivity contribution in [2.45, 2.75) is 20.1 Å². The molecule has 16 heavy (non-hydrogen) atoms. The SMILES string of the molecule is CC.[B]c1ccc(OC)c(C2OCCO2)c1. The zero-order chi connectivity index (χ0) is 12.0. The lowest BCUT2D eigenvalue weighted by molar-refractivity contribution is -0.0454. The van der Waals surface area contributed by atoms with Crippen LogP contribution in [0.1, 0.15) is 25.7 Å². The van der Waals surface area contributed by atoms with Crippen LogP contribution in [0.4, 0.5) is 0 Å². The molecule has 0 atom stereocenters. The van der Waals surface area contributed by atoms with E-state index in [1.165, 1.54) is 0 Å². The van der Waals surface area contributed by atoms with Crippen LogP contribution < -0.4 is 10.2 Å². The van der Waals surface area contributed by atoms with Gasteiger partial charge in [-0.2, -0.15) is 0 Å². The minimum Gasteiger partial charge on any atom is -0.496 e. The zero-order valence-electron chi connectivity index (χ0n) is 10.0. The summed E-state index contributed by atoms with van der Waals surface area (Å²) in [6, 6.07) is 5.42. The number of methoxy groups -OCH3 is 1. The lowest BCUT2D eigenvalue weighted by atomic mass is 9.94. The van der Waals surface area contributed by atoms with E-state index < -0.39 is 0 Å². The van der Waals surface area contributed by atoms with E-state index in [4.69, 9.17) is 22.1 Å². The molecule has 0 bridgehead atoms. The van der Waals surface area contributed by atoms with Crippen LogP contribution in [0, 0.1) is 0 Å². The lowest BCUT2D eigenvalue weighted by Gasteiger charge is -2.14. The molecule has 1 aromatic carbocycles. The van der Waals surface area contributed by atoms with Crippen LogP contribution in [0.15, 0.2) is 18.2 Å². The van der Waals surface area contributed by atoms with E-state index in [-0.39, 0.29) is 6.29 Å². The molecule has 1 fully saturated rings. The summed E-state index contributed by atoms with van der Waals surface area (Å²) in [5, 5.41) is 0. The minimum atomic E-state index is -0.339. The maximum atomic E-state index is 5.68. The van der Waals surface area contributed by atoms with Crippen LogP contribution in [0.3, 0.4) is 0 Å². The van der Waals surface area contributed by atoms with E-state index in [0.717, 1.165) is 11.3 Å². The molecular weight excluding hydrogens is 203 g/mol. The molecule has 0 N–H and O–H groups in total. The summed E-state index contributed by atoms with van der Waals surface area (Å²) < 4.78 is 16.0. The fourth-order valence-corrected chi connectivity index (χ4v) is 1.47. The molecule has 2 rings (SSSR count). The van der Waals surface area contributed by atoms with Crippen LogP contribution in [0.2, 0.25) is 0 Å². The molecule has 0 aromatic heterocycles. The van der Waals surface area contributed by atoms with Crippen LogP contribution in [0.5, 0.6) is 5.75 Å². The molecule has 0 saturated carbocycles. The lowest BCUT2D eigenvalue weighted by Crippen LogP contribution is -2.08. The molecule has 86 valence electrons. The molecule has 0 unspecified atom stereocenters. The molecule has 1 aliphatic rings. The summed E-state index contributed by atoms with van der Waals surface area (Å²) in [6.07, 6.45) is -0.339. The summed E-state index contributed by atoms with van der Waals surface area (Å²) in [5.41, 5.74) is 1.53. The highest BCUT2D eigenvalue weighted by Crippen LogP contribution is 2.29. The van der Waals surface area contributed by atoms with E-state index in [2.05, 4.69) is 0 Å². The molecule has 0 spiro atoms. The van der Waals surface area contributed by atoms with Gasteiger partial charge in [0, 0.05) is 5.56 Å². The Morgan fingerprint density at radius 1 is 1.25 bits per heavy atom. The van der Waals surface area contributed by atoms with Crippen molar-refractivity contribution in [3.8, 4) is 5.75 Å². The minimum absolute atomic E-state index is 0.339. The average Bonchev–Trinajstić information content (AvgIpc) is 2.85. The van der Waals surface area contributed by atoms with Crippen molar-refractivity contribution in [1.82, 2.24) is 0 Å². The number of ether oxygens (including phenoxy) is 3. The van der Waals surface area contributed by atoms with Crippen LogP contribution in [-0.4, -0.2) is 28.2 Å². The van der Waals surface area contributed by atoms with Crippen molar-refractivity contribution in [3.63, 3.8) is 0 Å². The molecule has 2 radical (unpaired) electrons. The zero-order valence-corrected chi connectivity index (χ0v) is 10.0. The Bertz CT molecular complexity index is 322. The standard InChI is InChI=1S/C10H11BO3.C2H6/c1-12-9-3-2-7(11)6-8(9)10-13-4-5-14-10;1-2/h2-3,6,10H,4-5H2,1H3;1-2H3. The van der Waals surface area contributed by atoms with Crippen LogP contribution in [0.25, 0.3) is 0 Å². The predicted molar refractivity (Wildman–Crippen MR) is 64.4 cm³/mol. The molecule has 1 aromatic rings. The Hall–Kier alpha value is -0.995. The fourth-order valence-electron chi connectivity index (χ4n) is 1.47. The van der Waals surface area contributed by atoms with Crippen molar-refractivity contribution < 1.29 is 14.2 Å². The summed E-state index contributed by atoms with van der Waals surface area (Å²) in [6.45, 7) is 5.23. The highest BCUT2D eigenvalue weighted by atomic mass is 16.7. The van der Waals surface area contributed by atoms with Gasteiger partial charge in [0.2, 0.25) is 0 Å². The summed E-state index contributed by atoms with van der Waals surface area (Å²) in [4.78, 5) is 0. The molecule has 4 heteroatoms. The highest BCUT2D eigenvalue weighted by Gasteiger charge is 2.21. The Morgan fingerprint density at radius 2 is 1.88 bits per heavy atom. The van der Waals surface area contributed by atoms with E-state index in [9.17, 15) is 0 Å². The molecule has 0 amide bonds. The second kappa shape index (κ2) is 6.56. The normalized spacial score (nSPS) is 15.4. The molecule has 0 aliphatic carbocycles. The van der Waals surface area contributed by atoms with Gasteiger partial charge >= 0.3 is 0 Å². The largest absolute Gasteiger partial charge is 0.496 e. The van der Waals surface area contributed by atoms with Gasteiger partial charge in [-0.15, -0.1) is 0 Å². The number of rotatable bonds is 2. The molecule has 1 saturated heterocycles.